The van der Waals surface area contributed by atoms with Gasteiger partial charge in [0.2, 0.25) is 5.91 Å². The van der Waals surface area contributed by atoms with Gasteiger partial charge >= 0.3 is 0 Å². The molecule has 3 N–H and O–H groups in total. The minimum atomic E-state index is -0.120. The van der Waals surface area contributed by atoms with Crippen molar-refractivity contribution < 1.29 is 14.7 Å². The topological polar surface area (TPSA) is 78.4 Å². The second-order valence-corrected chi connectivity index (χ2v) is 6.79. The number of hydrogen-bond acceptors (Lipinski definition) is 3. The molecule has 0 radical (unpaired) electrons. The molecule has 0 heterocycles. The Morgan fingerprint density at radius 2 is 2.08 bits per heavy atom. The third-order valence-electron chi connectivity index (χ3n) is 5.29. The molecule has 1 aliphatic carbocycles. The average Bonchev–Trinajstić information content (AvgIpc) is 2.54. The predicted octanol–water partition coefficient (Wildman–Crippen LogP) is 2.95. The summed E-state index contributed by atoms with van der Waals surface area (Å²) in [5, 5.41) is 15.0. The van der Waals surface area contributed by atoms with Crippen LogP contribution >= 0.6 is 0 Å². The van der Waals surface area contributed by atoms with E-state index in [4.69, 9.17) is 0 Å². The van der Waals surface area contributed by atoms with Crippen molar-refractivity contribution in [2.75, 3.05) is 18.5 Å². The number of rotatable bonds is 8. The molecule has 1 atom stereocenters. The molecule has 1 saturated carbocycles. The van der Waals surface area contributed by atoms with Crippen molar-refractivity contribution >= 4 is 17.5 Å². The van der Waals surface area contributed by atoms with Crippen molar-refractivity contribution in [1.82, 2.24) is 5.32 Å². The Bertz CT molecular complexity index is 582. The van der Waals surface area contributed by atoms with E-state index in [0.29, 0.717) is 30.1 Å². The first kappa shape index (κ1) is 18.5. The average molecular weight is 332 g/mol. The van der Waals surface area contributed by atoms with Crippen molar-refractivity contribution in [2.24, 2.45) is 11.3 Å². The monoisotopic (exact) mass is 332 g/mol. The number of benzene rings is 1. The second-order valence-electron chi connectivity index (χ2n) is 6.79. The van der Waals surface area contributed by atoms with E-state index in [2.05, 4.69) is 17.6 Å². The molecular weight excluding hydrogens is 304 g/mol. The van der Waals surface area contributed by atoms with Crippen LogP contribution in [0.15, 0.2) is 24.3 Å². The zero-order valence-corrected chi connectivity index (χ0v) is 14.6. The van der Waals surface area contributed by atoms with Crippen molar-refractivity contribution in [3.05, 3.63) is 29.8 Å². The van der Waals surface area contributed by atoms with Gasteiger partial charge < -0.3 is 15.7 Å². The molecule has 0 spiro atoms. The molecule has 1 aliphatic rings. The number of amides is 2. The Morgan fingerprint density at radius 3 is 2.67 bits per heavy atom. The summed E-state index contributed by atoms with van der Waals surface area (Å²) in [5.74, 6) is 0.204. The molecule has 0 saturated heterocycles. The maximum atomic E-state index is 12.4. The first-order valence-corrected chi connectivity index (χ1v) is 8.79. The predicted molar refractivity (Wildman–Crippen MR) is 94.8 cm³/mol. The fourth-order valence-electron chi connectivity index (χ4n) is 3.32. The minimum absolute atomic E-state index is 0.0705. The largest absolute Gasteiger partial charge is 0.396 e. The Kier molecular flexibility index (Phi) is 6.37. The van der Waals surface area contributed by atoms with Crippen LogP contribution in [0.25, 0.3) is 0 Å². The summed E-state index contributed by atoms with van der Waals surface area (Å²) >= 11 is 0. The van der Waals surface area contributed by atoms with Gasteiger partial charge in [-0.1, -0.05) is 26.3 Å². The first-order valence-electron chi connectivity index (χ1n) is 8.79. The van der Waals surface area contributed by atoms with Crippen LogP contribution in [0.1, 0.15) is 56.3 Å². The van der Waals surface area contributed by atoms with E-state index in [9.17, 15) is 14.7 Å². The van der Waals surface area contributed by atoms with Crippen molar-refractivity contribution in [3.63, 3.8) is 0 Å². The first-order chi connectivity index (χ1) is 11.5. The van der Waals surface area contributed by atoms with Crippen LogP contribution < -0.4 is 10.6 Å². The highest BCUT2D eigenvalue weighted by atomic mass is 16.3. The SMILES string of the molecule is CCC(=O)Nc1cccc(C(=O)NCC2(C(C)CCO)CCC2)c1. The molecule has 0 bridgehead atoms. The Hall–Kier alpha value is -1.88. The number of carbonyl (C=O) groups is 2. The Morgan fingerprint density at radius 1 is 1.33 bits per heavy atom. The molecule has 5 nitrogen and oxygen atoms in total. The lowest BCUT2D eigenvalue weighted by atomic mass is 9.60. The zero-order chi connectivity index (χ0) is 17.6. The highest BCUT2D eigenvalue weighted by Crippen LogP contribution is 2.47. The summed E-state index contributed by atoms with van der Waals surface area (Å²) in [6.45, 7) is 4.77. The molecule has 2 amide bonds. The lowest BCUT2D eigenvalue weighted by Gasteiger charge is -2.47. The van der Waals surface area contributed by atoms with Crippen LogP contribution in [0.3, 0.4) is 0 Å². The van der Waals surface area contributed by atoms with Crippen LogP contribution in [0.5, 0.6) is 0 Å². The maximum absolute atomic E-state index is 12.4. The van der Waals surface area contributed by atoms with Gasteiger partial charge in [-0.2, -0.15) is 0 Å². The zero-order valence-electron chi connectivity index (χ0n) is 14.6. The molecule has 0 aromatic heterocycles. The summed E-state index contributed by atoms with van der Waals surface area (Å²) in [6.07, 6.45) is 4.56. The Labute approximate surface area is 143 Å². The molecule has 132 valence electrons. The lowest BCUT2D eigenvalue weighted by molar-refractivity contribution is -0.115. The number of hydrogen-bond donors (Lipinski definition) is 3. The number of nitrogens with one attached hydrogen (secondary N) is 2. The smallest absolute Gasteiger partial charge is 0.251 e. The van der Waals surface area contributed by atoms with Gasteiger partial charge in [-0.25, -0.2) is 0 Å². The highest BCUT2D eigenvalue weighted by molar-refractivity contribution is 5.97. The van der Waals surface area contributed by atoms with Gasteiger partial charge in [0, 0.05) is 30.8 Å². The third-order valence-corrected chi connectivity index (χ3v) is 5.29. The van der Waals surface area contributed by atoms with E-state index in [-0.39, 0.29) is 23.8 Å². The fourth-order valence-corrected chi connectivity index (χ4v) is 3.32. The van der Waals surface area contributed by atoms with E-state index in [1.165, 1.54) is 6.42 Å². The lowest BCUT2D eigenvalue weighted by Crippen LogP contribution is -2.46. The van der Waals surface area contributed by atoms with Crippen LogP contribution in [0.2, 0.25) is 0 Å². The summed E-state index contributed by atoms with van der Waals surface area (Å²) in [6, 6.07) is 7.00. The third kappa shape index (κ3) is 4.35. The normalized spacial score (nSPS) is 16.8. The van der Waals surface area contributed by atoms with Crippen molar-refractivity contribution in [1.29, 1.82) is 0 Å². The van der Waals surface area contributed by atoms with E-state index >= 15 is 0 Å². The number of aliphatic hydroxyl groups is 1. The molecule has 1 fully saturated rings. The van der Waals surface area contributed by atoms with Gasteiger partial charge in [-0.15, -0.1) is 0 Å². The van der Waals surface area contributed by atoms with Crippen LogP contribution in [-0.2, 0) is 4.79 Å². The fraction of sp³-hybridized carbons (Fsp3) is 0.579. The molecule has 1 unspecified atom stereocenters. The van der Waals surface area contributed by atoms with E-state index in [0.717, 1.165) is 19.3 Å². The van der Waals surface area contributed by atoms with Gasteiger partial charge in [0.15, 0.2) is 0 Å². The number of aliphatic hydroxyl groups excluding tert-OH is 1. The quantitative estimate of drug-likeness (QED) is 0.685. The molecule has 0 aliphatic heterocycles. The number of carbonyl (C=O) groups excluding carboxylic acids is 2. The molecule has 5 heteroatoms. The van der Waals surface area contributed by atoms with E-state index < -0.39 is 0 Å². The van der Waals surface area contributed by atoms with Crippen molar-refractivity contribution in [3.8, 4) is 0 Å². The summed E-state index contributed by atoms with van der Waals surface area (Å²) < 4.78 is 0. The molecule has 2 rings (SSSR count). The van der Waals surface area contributed by atoms with Gasteiger partial charge in [0.1, 0.15) is 0 Å². The van der Waals surface area contributed by atoms with Crippen molar-refractivity contribution in [2.45, 2.75) is 46.0 Å². The van der Waals surface area contributed by atoms with Crippen LogP contribution in [0, 0.1) is 11.3 Å². The maximum Gasteiger partial charge on any atom is 0.251 e. The van der Waals surface area contributed by atoms with Crippen LogP contribution in [0.4, 0.5) is 5.69 Å². The molecule has 24 heavy (non-hydrogen) atoms. The van der Waals surface area contributed by atoms with Gasteiger partial charge in [0.25, 0.3) is 5.91 Å². The van der Waals surface area contributed by atoms with E-state index in [1.54, 1.807) is 31.2 Å². The summed E-state index contributed by atoms with van der Waals surface area (Å²) in [5.41, 5.74) is 1.31. The number of anilines is 1. The van der Waals surface area contributed by atoms with E-state index in [1.807, 2.05) is 0 Å². The summed E-state index contributed by atoms with van der Waals surface area (Å²) in [4.78, 5) is 23.9. The van der Waals surface area contributed by atoms with Gasteiger partial charge in [-0.05, 0) is 48.8 Å². The second kappa shape index (κ2) is 8.29. The molecular formula is C19H28N2O3. The summed E-state index contributed by atoms with van der Waals surface area (Å²) in [7, 11) is 0. The van der Waals surface area contributed by atoms with Gasteiger partial charge in [0.05, 0.1) is 0 Å². The minimum Gasteiger partial charge on any atom is -0.396 e. The van der Waals surface area contributed by atoms with Gasteiger partial charge in [-0.3, -0.25) is 9.59 Å². The standard InChI is InChI=1S/C19H28N2O3/c1-3-17(23)21-16-7-4-6-15(12-16)18(24)20-13-19(9-5-10-19)14(2)8-11-22/h4,6-7,12,14,22H,3,5,8-11,13H2,1-2H3,(H,20,24)(H,21,23). The molecule has 1 aromatic carbocycles. The van der Waals surface area contributed by atoms with Crippen LogP contribution in [-0.4, -0.2) is 30.1 Å². The molecule has 1 aromatic rings. The highest BCUT2D eigenvalue weighted by Gasteiger charge is 2.41. The Balaban J connectivity index is 1.97.